The topological polar surface area (TPSA) is 29.1 Å². The van der Waals surface area contributed by atoms with Gasteiger partial charge in [-0.05, 0) is 36.2 Å². The van der Waals surface area contributed by atoms with Crippen LogP contribution in [0.1, 0.15) is 29.7 Å². The Bertz CT molecular complexity index is 683. The molecule has 0 aliphatic rings. The van der Waals surface area contributed by atoms with Crippen LogP contribution < -0.4 is 5.32 Å². The van der Waals surface area contributed by atoms with Crippen molar-refractivity contribution < 1.29 is 18.0 Å². The van der Waals surface area contributed by atoms with Crippen molar-refractivity contribution in [2.75, 3.05) is 0 Å². The maximum absolute atomic E-state index is 12.7. The minimum atomic E-state index is -4.41. The predicted molar refractivity (Wildman–Crippen MR) is 83.2 cm³/mol. The summed E-state index contributed by atoms with van der Waals surface area (Å²) in [5.74, 6) is -0.341. The highest BCUT2D eigenvalue weighted by Gasteiger charge is 2.30. The number of nitrogens with one attached hydrogen (secondary N) is 1. The monoisotopic (exact) mass is 341 g/mol. The van der Waals surface area contributed by atoms with Crippen LogP contribution in [-0.2, 0) is 17.4 Å². The van der Waals surface area contributed by atoms with Gasteiger partial charge in [-0.25, -0.2) is 0 Å². The lowest BCUT2D eigenvalue weighted by molar-refractivity contribution is -0.137. The first kappa shape index (κ1) is 17.3. The molecular weight excluding hydrogens is 327 g/mol. The summed E-state index contributed by atoms with van der Waals surface area (Å²) >= 11 is 5.80. The number of hydrogen-bond donors (Lipinski definition) is 1. The average Bonchev–Trinajstić information content (AvgIpc) is 2.47. The average molecular weight is 342 g/mol. The maximum atomic E-state index is 12.7. The van der Waals surface area contributed by atoms with Gasteiger partial charge in [-0.2, -0.15) is 13.2 Å². The fraction of sp³-hybridized carbons (Fsp3) is 0.235. The van der Waals surface area contributed by atoms with Crippen molar-refractivity contribution in [1.82, 2.24) is 5.32 Å². The van der Waals surface area contributed by atoms with Crippen LogP contribution in [0.15, 0.2) is 48.5 Å². The van der Waals surface area contributed by atoms with Crippen molar-refractivity contribution in [1.29, 1.82) is 0 Å². The Morgan fingerprint density at radius 2 is 1.83 bits per heavy atom. The van der Waals surface area contributed by atoms with Crippen molar-refractivity contribution in [3.05, 3.63) is 70.2 Å². The van der Waals surface area contributed by atoms with Crippen molar-refractivity contribution in [3.8, 4) is 0 Å². The van der Waals surface area contributed by atoms with E-state index in [0.717, 1.165) is 17.7 Å². The molecule has 0 unspecified atom stereocenters. The van der Waals surface area contributed by atoms with Crippen LogP contribution in [0.4, 0.5) is 13.2 Å². The molecule has 2 aromatic rings. The lowest BCUT2D eigenvalue weighted by Crippen LogP contribution is -2.28. The summed E-state index contributed by atoms with van der Waals surface area (Å²) in [7, 11) is 0. The van der Waals surface area contributed by atoms with Crippen molar-refractivity contribution >= 4 is 17.5 Å². The number of carbonyl (C=O) groups excluding carboxylic acids is 1. The highest BCUT2D eigenvalue weighted by Crippen LogP contribution is 2.29. The fourth-order valence-corrected chi connectivity index (χ4v) is 2.30. The summed E-state index contributed by atoms with van der Waals surface area (Å²) in [5, 5.41) is 3.35. The summed E-state index contributed by atoms with van der Waals surface area (Å²) in [5.41, 5.74) is 0.431. The zero-order chi connectivity index (χ0) is 17.0. The number of carbonyl (C=O) groups is 1. The molecule has 1 N–H and O–H groups in total. The van der Waals surface area contributed by atoms with Gasteiger partial charge in [0.1, 0.15) is 0 Å². The van der Waals surface area contributed by atoms with Gasteiger partial charge in [0, 0.05) is 5.02 Å². The molecule has 0 saturated heterocycles. The van der Waals surface area contributed by atoms with Crippen molar-refractivity contribution in [3.63, 3.8) is 0 Å². The third kappa shape index (κ3) is 4.99. The second-order valence-electron chi connectivity index (χ2n) is 5.22. The number of alkyl halides is 3. The van der Waals surface area contributed by atoms with Crippen LogP contribution in [0.25, 0.3) is 0 Å². The van der Waals surface area contributed by atoms with Crippen LogP contribution in [0.2, 0.25) is 5.02 Å². The molecular formula is C17H15ClF3NO. The molecule has 0 heterocycles. The van der Waals surface area contributed by atoms with E-state index >= 15 is 0 Å². The fourth-order valence-electron chi connectivity index (χ4n) is 2.17. The Kier molecular flexibility index (Phi) is 5.31. The molecule has 1 amide bonds. The number of amides is 1. The van der Waals surface area contributed by atoms with Gasteiger partial charge >= 0.3 is 6.18 Å². The normalized spacial score (nSPS) is 12.7. The van der Waals surface area contributed by atoms with E-state index in [2.05, 4.69) is 5.32 Å². The highest BCUT2D eigenvalue weighted by atomic mass is 35.5. The van der Waals surface area contributed by atoms with Gasteiger partial charge in [-0.15, -0.1) is 0 Å². The molecule has 2 rings (SSSR count). The summed E-state index contributed by atoms with van der Waals surface area (Å²) in [6.45, 7) is 1.80. The van der Waals surface area contributed by atoms with Crippen LogP contribution in [0, 0.1) is 0 Å². The van der Waals surface area contributed by atoms with Gasteiger partial charge in [0.05, 0.1) is 18.0 Å². The van der Waals surface area contributed by atoms with Crippen LogP contribution in [0.5, 0.6) is 0 Å². The molecule has 0 radical (unpaired) electrons. The van der Waals surface area contributed by atoms with E-state index in [-0.39, 0.29) is 18.4 Å². The molecule has 0 saturated carbocycles. The molecule has 0 aromatic heterocycles. The summed E-state index contributed by atoms with van der Waals surface area (Å²) in [4.78, 5) is 12.0. The number of halogens is 4. The molecule has 122 valence electrons. The lowest BCUT2D eigenvalue weighted by atomic mass is 10.1. The Hall–Kier alpha value is -2.01. The number of hydrogen-bond acceptors (Lipinski definition) is 1. The van der Waals surface area contributed by atoms with Gasteiger partial charge in [-0.3, -0.25) is 4.79 Å². The zero-order valence-corrected chi connectivity index (χ0v) is 13.1. The zero-order valence-electron chi connectivity index (χ0n) is 12.3. The Labute approximate surface area is 137 Å². The lowest BCUT2D eigenvalue weighted by Gasteiger charge is -2.15. The summed E-state index contributed by atoms with van der Waals surface area (Å²) in [6.07, 6.45) is -4.52. The van der Waals surface area contributed by atoms with Gasteiger partial charge in [0.25, 0.3) is 0 Å². The number of benzene rings is 2. The van der Waals surface area contributed by atoms with E-state index in [4.69, 9.17) is 11.6 Å². The van der Waals surface area contributed by atoms with E-state index < -0.39 is 11.7 Å². The molecule has 0 aliphatic carbocycles. The Morgan fingerprint density at radius 3 is 2.43 bits per heavy atom. The van der Waals surface area contributed by atoms with Crippen LogP contribution in [0.3, 0.4) is 0 Å². The van der Waals surface area contributed by atoms with E-state index in [1.807, 2.05) is 0 Å². The largest absolute Gasteiger partial charge is 0.416 e. The standard InChI is InChI=1S/C17H15ClF3NO/c1-11(13-5-7-15(18)8-6-13)22-16(23)10-12-3-2-4-14(9-12)17(19,20)21/h2-9,11H,10H2,1H3,(H,22,23)/t11-/m0/s1. The molecule has 2 aromatic carbocycles. The first-order valence-corrected chi connectivity index (χ1v) is 7.34. The third-order valence-electron chi connectivity index (χ3n) is 3.37. The maximum Gasteiger partial charge on any atom is 0.416 e. The summed E-state index contributed by atoms with van der Waals surface area (Å²) < 4.78 is 38.0. The Balaban J connectivity index is 2.01. The van der Waals surface area contributed by atoms with Crippen LogP contribution in [-0.4, -0.2) is 5.91 Å². The van der Waals surface area contributed by atoms with E-state index in [1.54, 1.807) is 31.2 Å². The van der Waals surface area contributed by atoms with E-state index in [0.29, 0.717) is 10.6 Å². The molecule has 0 spiro atoms. The molecule has 1 atom stereocenters. The van der Waals surface area contributed by atoms with Gasteiger partial charge < -0.3 is 5.32 Å². The predicted octanol–water partition coefficient (Wildman–Crippen LogP) is 4.78. The van der Waals surface area contributed by atoms with Crippen molar-refractivity contribution in [2.45, 2.75) is 25.6 Å². The van der Waals surface area contributed by atoms with Gasteiger partial charge in [0.15, 0.2) is 0 Å². The minimum Gasteiger partial charge on any atom is -0.349 e. The third-order valence-corrected chi connectivity index (χ3v) is 3.62. The SMILES string of the molecule is C[C@H](NC(=O)Cc1cccc(C(F)(F)F)c1)c1ccc(Cl)cc1. The number of rotatable bonds is 4. The first-order chi connectivity index (χ1) is 10.8. The van der Waals surface area contributed by atoms with Gasteiger partial charge in [0.2, 0.25) is 5.91 Å². The molecule has 0 bridgehead atoms. The minimum absolute atomic E-state index is 0.109. The molecule has 2 nitrogen and oxygen atoms in total. The quantitative estimate of drug-likeness (QED) is 0.852. The Morgan fingerprint density at radius 1 is 1.17 bits per heavy atom. The first-order valence-electron chi connectivity index (χ1n) is 6.96. The second kappa shape index (κ2) is 7.04. The molecule has 0 fully saturated rings. The second-order valence-corrected chi connectivity index (χ2v) is 5.65. The van der Waals surface area contributed by atoms with E-state index in [9.17, 15) is 18.0 Å². The van der Waals surface area contributed by atoms with Gasteiger partial charge in [-0.1, -0.05) is 41.9 Å². The molecule has 0 aliphatic heterocycles. The highest BCUT2D eigenvalue weighted by molar-refractivity contribution is 6.30. The smallest absolute Gasteiger partial charge is 0.349 e. The van der Waals surface area contributed by atoms with Crippen molar-refractivity contribution in [2.24, 2.45) is 0 Å². The summed E-state index contributed by atoms with van der Waals surface area (Å²) in [6, 6.07) is 11.5. The molecule has 23 heavy (non-hydrogen) atoms. The van der Waals surface area contributed by atoms with Crippen LogP contribution >= 0.6 is 11.6 Å². The van der Waals surface area contributed by atoms with E-state index in [1.165, 1.54) is 12.1 Å². The molecule has 6 heteroatoms.